The molecule has 2 unspecified atom stereocenters. The molecule has 0 spiro atoms. The molecular formula is C37H46ClN3O4. The molecule has 5 rings (SSSR count). The van der Waals surface area contributed by atoms with Crippen molar-refractivity contribution in [1.29, 1.82) is 0 Å². The number of halogens is 1. The molecule has 7 nitrogen and oxygen atoms in total. The van der Waals surface area contributed by atoms with Gasteiger partial charge in [-0.25, -0.2) is 0 Å². The van der Waals surface area contributed by atoms with Crippen LogP contribution in [0.2, 0.25) is 5.02 Å². The van der Waals surface area contributed by atoms with Crippen LogP contribution in [0.3, 0.4) is 0 Å². The zero-order valence-corrected chi connectivity index (χ0v) is 27.8. The van der Waals surface area contributed by atoms with Crippen LogP contribution in [0.25, 0.3) is 0 Å². The lowest BCUT2D eigenvalue weighted by molar-refractivity contribution is -0.138. The molecule has 2 aliphatic rings. The van der Waals surface area contributed by atoms with Gasteiger partial charge in [0.1, 0.15) is 0 Å². The number of ether oxygens (including phenoxy) is 2. The second-order valence-electron chi connectivity index (χ2n) is 12.4. The van der Waals surface area contributed by atoms with E-state index in [-0.39, 0.29) is 42.3 Å². The molecule has 1 saturated carbocycles. The maximum atomic E-state index is 13.9. The number of hydrogen-bond donors (Lipinski definition) is 1. The lowest BCUT2D eigenvalue weighted by atomic mass is 9.85. The predicted octanol–water partition coefficient (Wildman–Crippen LogP) is 7.63. The summed E-state index contributed by atoms with van der Waals surface area (Å²) in [6, 6.07) is 19.4. The third-order valence-corrected chi connectivity index (χ3v) is 9.80. The van der Waals surface area contributed by atoms with Gasteiger partial charge < -0.3 is 25.0 Å². The number of nitrogens with zero attached hydrogens (tertiary/aromatic N) is 2. The highest BCUT2D eigenvalue weighted by atomic mass is 35.5. The highest BCUT2D eigenvalue weighted by Crippen LogP contribution is 2.44. The van der Waals surface area contributed by atoms with Crippen LogP contribution in [0.5, 0.6) is 11.5 Å². The van der Waals surface area contributed by atoms with Crippen LogP contribution >= 0.6 is 11.6 Å². The van der Waals surface area contributed by atoms with Gasteiger partial charge in [-0.05, 0) is 112 Å². The van der Waals surface area contributed by atoms with Crippen LogP contribution in [0, 0.1) is 5.92 Å². The summed E-state index contributed by atoms with van der Waals surface area (Å²) in [5.74, 6) is 1.51. The molecule has 0 bridgehead atoms. The number of rotatable bonds is 10. The summed E-state index contributed by atoms with van der Waals surface area (Å²) in [6.07, 6.45) is 4.60. The Morgan fingerprint density at radius 1 is 1.00 bits per heavy atom. The summed E-state index contributed by atoms with van der Waals surface area (Å²) in [6.45, 7) is 8.86. The molecule has 3 atom stereocenters. The Hall–Kier alpha value is -3.55. The summed E-state index contributed by atoms with van der Waals surface area (Å²) < 4.78 is 12.0. The monoisotopic (exact) mass is 631 g/mol. The van der Waals surface area contributed by atoms with Crippen molar-refractivity contribution in [3.05, 3.63) is 87.9 Å². The van der Waals surface area contributed by atoms with Crippen molar-refractivity contribution < 1.29 is 19.1 Å². The van der Waals surface area contributed by atoms with E-state index >= 15 is 0 Å². The first-order chi connectivity index (χ1) is 21.6. The van der Waals surface area contributed by atoms with Crippen LogP contribution in [-0.2, 0) is 16.0 Å². The Bertz CT molecular complexity index is 1480. The Labute approximate surface area is 272 Å². The zero-order chi connectivity index (χ0) is 32.2. The van der Waals surface area contributed by atoms with E-state index in [9.17, 15) is 9.59 Å². The molecule has 1 aliphatic heterocycles. The average Bonchev–Trinajstić information content (AvgIpc) is 3.05. The minimum absolute atomic E-state index is 0.00653. The van der Waals surface area contributed by atoms with Crippen molar-refractivity contribution in [2.45, 2.75) is 90.4 Å². The molecule has 2 N–H and O–H groups in total. The maximum Gasteiger partial charge on any atom is 0.232 e. The first-order valence-electron chi connectivity index (χ1n) is 16.3. The van der Waals surface area contributed by atoms with Crippen LogP contribution < -0.4 is 20.1 Å². The number of anilines is 1. The van der Waals surface area contributed by atoms with Gasteiger partial charge in [-0.15, -0.1) is 0 Å². The van der Waals surface area contributed by atoms with Gasteiger partial charge in [-0.3, -0.25) is 9.59 Å². The summed E-state index contributed by atoms with van der Waals surface area (Å²) in [5, 5.41) is 0.632. The van der Waals surface area contributed by atoms with E-state index < -0.39 is 6.04 Å². The van der Waals surface area contributed by atoms with Gasteiger partial charge in [0, 0.05) is 29.2 Å². The van der Waals surface area contributed by atoms with Crippen molar-refractivity contribution in [2.75, 3.05) is 18.6 Å². The number of fused-ring (bicyclic) bond motifs is 1. The molecule has 1 heterocycles. The van der Waals surface area contributed by atoms with Crippen molar-refractivity contribution in [3.63, 3.8) is 0 Å². The molecule has 8 heteroatoms. The number of carbonyl (C=O) groups excluding carboxylic acids is 2. The lowest BCUT2D eigenvalue weighted by Gasteiger charge is -2.38. The Morgan fingerprint density at radius 3 is 2.27 bits per heavy atom. The van der Waals surface area contributed by atoms with Crippen LogP contribution in [0.1, 0.15) is 94.1 Å². The highest BCUT2D eigenvalue weighted by Gasteiger charge is 2.36. The van der Waals surface area contributed by atoms with Gasteiger partial charge in [0.15, 0.2) is 11.5 Å². The molecule has 0 radical (unpaired) electrons. The molecule has 3 aromatic carbocycles. The highest BCUT2D eigenvalue weighted by molar-refractivity contribution is 6.30. The predicted molar refractivity (Wildman–Crippen MR) is 180 cm³/mol. The topological polar surface area (TPSA) is 85.1 Å². The molecule has 0 aromatic heterocycles. The van der Waals surface area contributed by atoms with Crippen LogP contribution in [-0.4, -0.2) is 42.5 Å². The second kappa shape index (κ2) is 14.3. The Morgan fingerprint density at radius 2 is 1.67 bits per heavy atom. The third-order valence-electron chi connectivity index (χ3n) is 9.54. The standard InChI is InChI=1S/C37H46ClN3O4/c1-6-23(3)45-34-22-32-28(20-33(34)44-5)21-35(42)41(36(32)26-8-14-29(38)15-9-26)31-18-12-25(13-19-31)24(4)40(7-2)37(43)27-10-16-30(39)17-11-27/h8-9,12-15,18-20,22-24,27,30,36H,6-7,10-11,16-17,21,39H2,1-5H3/t23-,24?,27-,30+,36?/m1/s1. The average molecular weight is 632 g/mol. The van der Waals surface area contributed by atoms with Gasteiger partial charge in [-0.2, -0.15) is 0 Å². The van der Waals surface area contributed by atoms with E-state index in [1.54, 1.807) is 7.11 Å². The van der Waals surface area contributed by atoms with E-state index in [2.05, 4.69) is 13.8 Å². The minimum atomic E-state index is -0.390. The van der Waals surface area contributed by atoms with Gasteiger partial charge in [-0.1, -0.05) is 42.8 Å². The number of benzene rings is 3. The van der Waals surface area contributed by atoms with Gasteiger partial charge in [0.05, 0.1) is 31.7 Å². The van der Waals surface area contributed by atoms with Crippen molar-refractivity contribution in [3.8, 4) is 11.5 Å². The molecule has 3 aromatic rings. The van der Waals surface area contributed by atoms with Gasteiger partial charge in [0.25, 0.3) is 0 Å². The van der Waals surface area contributed by atoms with E-state index in [0.717, 1.165) is 60.0 Å². The number of amides is 2. The number of nitrogens with two attached hydrogens (primary N) is 1. The SMILES string of the molecule is CC[C@@H](C)Oc1cc2c(cc1OC)CC(=O)N(c1ccc(C(C)N(CC)C(=O)[C@H]3CC[C@@H](N)CC3)cc1)C2c1ccc(Cl)cc1. The molecule has 240 valence electrons. The van der Waals surface area contributed by atoms with Gasteiger partial charge >= 0.3 is 0 Å². The fraction of sp³-hybridized carbons (Fsp3) is 0.459. The van der Waals surface area contributed by atoms with E-state index in [4.69, 9.17) is 26.8 Å². The normalized spacial score (nSPS) is 21.1. The molecule has 0 saturated heterocycles. The molecule has 45 heavy (non-hydrogen) atoms. The Balaban J connectivity index is 1.49. The fourth-order valence-corrected chi connectivity index (χ4v) is 6.82. The summed E-state index contributed by atoms with van der Waals surface area (Å²) in [4.78, 5) is 31.3. The minimum Gasteiger partial charge on any atom is -0.493 e. The van der Waals surface area contributed by atoms with Crippen molar-refractivity contribution in [2.24, 2.45) is 11.7 Å². The molecule has 2 amide bonds. The number of carbonyl (C=O) groups is 2. The summed E-state index contributed by atoms with van der Waals surface area (Å²) in [7, 11) is 1.62. The Kier molecular flexibility index (Phi) is 10.4. The van der Waals surface area contributed by atoms with Gasteiger partial charge in [0.2, 0.25) is 11.8 Å². The maximum absolute atomic E-state index is 13.9. The first kappa shape index (κ1) is 32.8. The van der Waals surface area contributed by atoms with Crippen LogP contribution in [0.15, 0.2) is 60.7 Å². The lowest BCUT2D eigenvalue weighted by Crippen LogP contribution is -2.41. The molecule has 1 fully saturated rings. The zero-order valence-electron chi connectivity index (χ0n) is 27.1. The van der Waals surface area contributed by atoms with Crippen molar-refractivity contribution in [1.82, 2.24) is 4.90 Å². The number of hydrogen-bond acceptors (Lipinski definition) is 5. The molecular weight excluding hydrogens is 586 g/mol. The number of methoxy groups -OCH3 is 1. The summed E-state index contributed by atoms with van der Waals surface area (Å²) >= 11 is 6.28. The quantitative estimate of drug-likeness (QED) is 0.249. The summed E-state index contributed by atoms with van der Waals surface area (Å²) in [5.41, 5.74) is 10.8. The fourth-order valence-electron chi connectivity index (χ4n) is 6.69. The van der Waals surface area contributed by atoms with Crippen molar-refractivity contribution >= 4 is 29.1 Å². The first-order valence-corrected chi connectivity index (χ1v) is 16.6. The third kappa shape index (κ3) is 7.00. The second-order valence-corrected chi connectivity index (χ2v) is 12.9. The smallest absolute Gasteiger partial charge is 0.232 e. The molecule has 1 aliphatic carbocycles. The van der Waals surface area contributed by atoms with Crippen LogP contribution in [0.4, 0.5) is 5.69 Å². The van der Waals surface area contributed by atoms with E-state index in [1.807, 2.05) is 84.3 Å². The van der Waals surface area contributed by atoms with E-state index in [0.29, 0.717) is 23.1 Å². The largest absolute Gasteiger partial charge is 0.493 e. The van der Waals surface area contributed by atoms with E-state index in [1.165, 1.54) is 0 Å².